The van der Waals surface area contributed by atoms with Crippen LogP contribution in [0.5, 0.6) is 5.75 Å². The summed E-state index contributed by atoms with van der Waals surface area (Å²) in [4.78, 5) is 52.6. The number of nitrogens with zero attached hydrogens (tertiary/aromatic N) is 2. The number of carbonyl (C=O) groups is 3. The highest BCUT2D eigenvalue weighted by molar-refractivity contribution is 7.19. The lowest BCUT2D eigenvalue weighted by atomic mass is 10.1. The van der Waals surface area contributed by atoms with Gasteiger partial charge in [0.15, 0.2) is 11.2 Å². The summed E-state index contributed by atoms with van der Waals surface area (Å²) < 4.78 is 10.8. The summed E-state index contributed by atoms with van der Waals surface area (Å²) in [7, 11) is 0. The number of phenolic OH excluding ortho intramolecular Hbond substituents is 1. The molecule has 5 N–H and O–H groups in total. The number of benzene rings is 2. The highest BCUT2D eigenvalue weighted by atomic mass is 32.1. The summed E-state index contributed by atoms with van der Waals surface area (Å²) in [6, 6.07) is 12.7. The van der Waals surface area contributed by atoms with E-state index < -0.39 is 29.6 Å². The van der Waals surface area contributed by atoms with Crippen molar-refractivity contribution in [2.24, 2.45) is 0 Å². The predicted octanol–water partition coefficient (Wildman–Crippen LogP) is 4.56. The molecule has 0 radical (unpaired) electrons. The van der Waals surface area contributed by atoms with Gasteiger partial charge < -0.3 is 30.2 Å². The molecule has 0 bridgehead atoms. The Kier molecular flexibility index (Phi) is 10.5. The van der Waals surface area contributed by atoms with Crippen LogP contribution in [0.1, 0.15) is 56.0 Å². The third kappa shape index (κ3) is 9.01. The number of hydrogen-bond donors (Lipinski definition) is 5. The van der Waals surface area contributed by atoms with E-state index in [9.17, 15) is 24.3 Å². The van der Waals surface area contributed by atoms with Crippen LogP contribution in [0.25, 0.3) is 10.9 Å². The highest BCUT2D eigenvalue weighted by Gasteiger charge is 2.26. The molecular formula is C30H34N6O7S. The number of amides is 2. The maximum absolute atomic E-state index is 13.0. The van der Waals surface area contributed by atoms with Crippen molar-refractivity contribution in [1.29, 1.82) is 0 Å². The van der Waals surface area contributed by atoms with Gasteiger partial charge >= 0.3 is 12.1 Å². The van der Waals surface area contributed by atoms with Crippen LogP contribution in [0.3, 0.4) is 0 Å². The van der Waals surface area contributed by atoms with Gasteiger partial charge in [0.1, 0.15) is 18.2 Å². The molecular weight excluding hydrogens is 588 g/mol. The fourth-order valence-corrected chi connectivity index (χ4v) is 4.81. The summed E-state index contributed by atoms with van der Waals surface area (Å²) >= 11 is 0.997. The van der Waals surface area contributed by atoms with E-state index in [4.69, 9.17) is 9.47 Å². The molecule has 0 aliphatic rings. The van der Waals surface area contributed by atoms with Crippen molar-refractivity contribution >= 4 is 50.5 Å². The number of alkyl carbamates (subject to hydrolysis) is 1. The van der Waals surface area contributed by atoms with E-state index >= 15 is 0 Å². The Hall–Kier alpha value is -4.98. The largest absolute Gasteiger partial charge is 0.505 e. The van der Waals surface area contributed by atoms with Gasteiger partial charge in [-0.25, -0.2) is 9.59 Å². The number of anilines is 2. The van der Waals surface area contributed by atoms with Gasteiger partial charge in [0.05, 0.1) is 11.1 Å². The molecule has 0 fully saturated rings. The fraction of sp³-hybridized carbons (Fsp3) is 0.333. The average Bonchev–Trinajstić information content (AvgIpc) is 3.42. The second-order valence-corrected chi connectivity index (χ2v) is 11.8. The van der Waals surface area contributed by atoms with Gasteiger partial charge in [-0.3, -0.25) is 14.9 Å². The number of carbonyl (C=O) groups excluding carboxylic acids is 3. The van der Waals surface area contributed by atoms with Crippen LogP contribution < -0.4 is 21.4 Å². The number of ether oxygens (including phenoxy) is 2. The molecule has 0 spiro atoms. The average molecular weight is 623 g/mol. The standard InChI is InChI=1S/C30H34N6O7S/c1-30(2,3)43-26(40)21(11-7-8-15-32-29(41)42-17-18-9-5-4-6-10-18)33-27-35-36-28(44-27)34-25(39)20-13-12-19-22(37)14-16-31-23(19)24(20)38/h4-6,9-10,12-14,16,21,38H,7-8,11,15,17H2,1-3H3,(H,31,37)(H,32,41)(H,33,35)(H,34,36,39). The van der Waals surface area contributed by atoms with E-state index in [-0.39, 0.29) is 44.5 Å². The van der Waals surface area contributed by atoms with Crippen molar-refractivity contribution in [2.45, 2.75) is 58.3 Å². The van der Waals surface area contributed by atoms with E-state index in [1.54, 1.807) is 20.8 Å². The Bertz CT molecular complexity index is 1670. The first-order valence-electron chi connectivity index (χ1n) is 13.9. The van der Waals surface area contributed by atoms with Crippen molar-refractivity contribution in [2.75, 3.05) is 17.2 Å². The number of phenols is 1. The quantitative estimate of drug-likeness (QED) is 0.111. The maximum atomic E-state index is 13.0. The molecule has 2 aromatic heterocycles. The van der Waals surface area contributed by atoms with Crippen LogP contribution >= 0.6 is 11.3 Å². The van der Waals surface area contributed by atoms with Gasteiger partial charge in [0.25, 0.3) is 5.91 Å². The molecule has 2 aromatic carbocycles. The smallest absolute Gasteiger partial charge is 0.407 e. The second kappa shape index (κ2) is 14.5. The maximum Gasteiger partial charge on any atom is 0.407 e. The normalized spacial score (nSPS) is 11.9. The minimum atomic E-state index is -0.767. The van der Waals surface area contributed by atoms with E-state index in [0.717, 1.165) is 16.9 Å². The van der Waals surface area contributed by atoms with Crippen molar-refractivity contribution in [1.82, 2.24) is 20.5 Å². The number of aromatic amines is 1. The zero-order chi connectivity index (χ0) is 31.7. The van der Waals surface area contributed by atoms with Crippen LogP contribution in [0.4, 0.5) is 15.1 Å². The van der Waals surface area contributed by atoms with Crippen LogP contribution in [0, 0.1) is 0 Å². The summed E-state index contributed by atoms with van der Waals surface area (Å²) in [5.41, 5.74) is -0.0405. The lowest BCUT2D eigenvalue weighted by Crippen LogP contribution is -2.36. The summed E-state index contributed by atoms with van der Waals surface area (Å²) in [5, 5.41) is 27.5. The number of unbranched alkanes of at least 4 members (excludes halogenated alkanes) is 1. The molecule has 14 heteroatoms. The molecule has 232 valence electrons. The van der Waals surface area contributed by atoms with Crippen LogP contribution in [0.15, 0.2) is 59.5 Å². The summed E-state index contributed by atoms with van der Waals surface area (Å²) in [5.74, 6) is -1.51. The molecule has 4 aromatic rings. The Morgan fingerprint density at radius 3 is 2.52 bits per heavy atom. The minimum Gasteiger partial charge on any atom is -0.505 e. The summed E-state index contributed by atoms with van der Waals surface area (Å²) in [6.07, 6.45) is 2.39. The molecule has 2 amide bonds. The lowest BCUT2D eigenvalue weighted by molar-refractivity contribution is -0.156. The lowest BCUT2D eigenvalue weighted by Gasteiger charge is -2.24. The first-order chi connectivity index (χ1) is 21.0. The van der Waals surface area contributed by atoms with E-state index in [0.29, 0.717) is 25.8 Å². The Morgan fingerprint density at radius 2 is 1.77 bits per heavy atom. The van der Waals surface area contributed by atoms with Crippen molar-refractivity contribution < 1.29 is 29.0 Å². The zero-order valence-corrected chi connectivity index (χ0v) is 25.3. The number of fused-ring (bicyclic) bond motifs is 1. The first-order valence-corrected chi connectivity index (χ1v) is 14.7. The van der Waals surface area contributed by atoms with Gasteiger partial charge in [-0.15, -0.1) is 10.2 Å². The zero-order valence-electron chi connectivity index (χ0n) is 24.5. The van der Waals surface area contributed by atoms with Crippen LogP contribution in [-0.4, -0.2) is 56.4 Å². The molecule has 0 saturated carbocycles. The predicted molar refractivity (Wildman–Crippen MR) is 166 cm³/mol. The van der Waals surface area contributed by atoms with Gasteiger partial charge in [-0.2, -0.15) is 0 Å². The fourth-order valence-electron chi connectivity index (χ4n) is 4.12. The number of aromatic hydroxyl groups is 1. The monoisotopic (exact) mass is 622 g/mol. The number of hydrogen-bond acceptors (Lipinski definition) is 11. The Morgan fingerprint density at radius 1 is 1.02 bits per heavy atom. The number of nitrogens with one attached hydrogen (secondary N) is 4. The van der Waals surface area contributed by atoms with Crippen molar-refractivity contribution in [3.63, 3.8) is 0 Å². The molecule has 1 unspecified atom stereocenters. The van der Waals surface area contributed by atoms with Gasteiger partial charge in [0, 0.05) is 24.2 Å². The number of rotatable bonds is 12. The minimum absolute atomic E-state index is 0.0618. The van der Waals surface area contributed by atoms with Gasteiger partial charge in [-0.05, 0) is 57.7 Å². The van der Waals surface area contributed by atoms with Gasteiger partial charge in [0.2, 0.25) is 10.3 Å². The second-order valence-electron chi connectivity index (χ2n) is 10.8. The molecule has 0 aliphatic carbocycles. The van der Waals surface area contributed by atoms with E-state index in [1.807, 2.05) is 30.3 Å². The topological polar surface area (TPSA) is 185 Å². The molecule has 44 heavy (non-hydrogen) atoms. The van der Waals surface area contributed by atoms with Crippen LogP contribution in [0.2, 0.25) is 0 Å². The Labute approximate surface area is 257 Å². The summed E-state index contributed by atoms with van der Waals surface area (Å²) in [6.45, 7) is 5.83. The third-order valence-corrected chi connectivity index (χ3v) is 6.96. The molecule has 0 aliphatic heterocycles. The van der Waals surface area contributed by atoms with Crippen molar-refractivity contribution in [3.05, 3.63) is 76.1 Å². The van der Waals surface area contributed by atoms with E-state index in [2.05, 4.69) is 31.1 Å². The van der Waals surface area contributed by atoms with Crippen molar-refractivity contribution in [3.8, 4) is 5.75 Å². The third-order valence-electron chi connectivity index (χ3n) is 6.19. The number of esters is 1. The number of H-pyrrole nitrogens is 1. The van der Waals surface area contributed by atoms with Crippen LogP contribution in [-0.2, 0) is 20.9 Å². The molecule has 0 saturated heterocycles. The Balaban J connectivity index is 1.31. The highest BCUT2D eigenvalue weighted by Crippen LogP contribution is 2.28. The molecule has 13 nitrogen and oxygen atoms in total. The first kappa shape index (κ1) is 31.9. The number of pyridine rings is 1. The molecule has 2 heterocycles. The van der Waals surface area contributed by atoms with Gasteiger partial charge in [-0.1, -0.05) is 41.7 Å². The number of aromatic nitrogens is 3. The molecule has 1 atom stereocenters. The SMILES string of the molecule is CC(C)(C)OC(=O)C(CCCCNC(=O)OCc1ccccc1)Nc1nnc(NC(=O)c2ccc3c(=O)cc[nH]c3c2O)s1. The molecule has 4 rings (SSSR count). The van der Waals surface area contributed by atoms with E-state index in [1.165, 1.54) is 24.4 Å².